The van der Waals surface area contributed by atoms with Crippen LogP contribution in [-0.2, 0) is 4.79 Å². The summed E-state index contributed by atoms with van der Waals surface area (Å²) in [5.41, 5.74) is 2.04. The first-order chi connectivity index (χ1) is 10.0. The van der Waals surface area contributed by atoms with Crippen LogP contribution in [0.2, 0.25) is 0 Å². The highest BCUT2D eigenvalue weighted by Crippen LogP contribution is 2.20. The van der Waals surface area contributed by atoms with Gasteiger partial charge in [-0.25, -0.2) is 4.39 Å². The van der Waals surface area contributed by atoms with E-state index in [1.807, 2.05) is 24.3 Å². The number of halogens is 1. The van der Waals surface area contributed by atoms with Crippen molar-refractivity contribution in [1.29, 1.82) is 0 Å². The molecule has 1 N–H and O–H groups in total. The van der Waals surface area contributed by atoms with Crippen molar-refractivity contribution in [1.82, 2.24) is 0 Å². The Labute approximate surface area is 128 Å². The lowest BCUT2D eigenvalue weighted by molar-refractivity contribution is -0.113. The predicted octanol–water partition coefficient (Wildman–Crippen LogP) is 4.68. The highest BCUT2D eigenvalue weighted by Gasteiger charge is 2.05. The van der Waals surface area contributed by atoms with E-state index in [2.05, 4.69) is 19.2 Å². The normalized spacial score (nSPS) is 10.7. The molecule has 2 rings (SSSR count). The Balaban J connectivity index is 1.85. The third kappa shape index (κ3) is 4.90. The smallest absolute Gasteiger partial charge is 0.234 e. The monoisotopic (exact) mass is 303 g/mol. The van der Waals surface area contributed by atoms with Crippen molar-refractivity contribution in [2.45, 2.75) is 24.7 Å². The summed E-state index contributed by atoms with van der Waals surface area (Å²) < 4.78 is 12.8. The Morgan fingerprint density at radius 2 is 1.71 bits per heavy atom. The van der Waals surface area contributed by atoms with Gasteiger partial charge in [0.1, 0.15) is 5.82 Å². The lowest BCUT2D eigenvalue weighted by Gasteiger charge is -2.08. The topological polar surface area (TPSA) is 29.1 Å². The summed E-state index contributed by atoms with van der Waals surface area (Å²) in [7, 11) is 0. The summed E-state index contributed by atoms with van der Waals surface area (Å²) in [6.45, 7) is 4.26. The van der Waals surface area contributed by atoms with E-state index in [1.165, 1.54) is 29.5 Å². The van der Waals surface area contributed by atoms with E-state index in [9.17, 15) is 9.18 Å². The van der Waals surface area contributed by atoms with Crippen LogP contribution in [0.3, 0.4) is 0 Å². The molecule has 4 heteroatoms. The van der Waals surface area contributed by atoms with Crippen molar-refractivity contribution >= 4 is 23.4 Å². The Morgan fingerprint density at radius 1 is 1.10 bits per heavy atom. The number of carbonyl (C=O) groups excluding carboxylic acids is 1. The van der Waals surface area contributed by atoms with Crippen molar-refractivity contribution in [3.63, 3.8) is 0 Å². The quantitative estimate of drug-likeness (QED) is 0.813. The molecular weight excluding hydrogens is 285 g/mol. The number of carbonyl (C=O) groups is 1. The summed E-state index contributed by atoms with van der Waals surface area (Å²) >= 11 is 1.39. The summed E-state index contributed by atoms with van der Waals surface area (Å²) in [4.78, 5) is 12.7. The first kappa shape index (κ1) is 15.6. The first-order valence-electron chi connectivity index (χ1n) is 6.83. The van der Waals surface area contributed by atoms with Gasteiger partial charge in [0.05, 0.1) is 5.75 Å². The van der Waals surface area contributed by atoms with Crippen LogP contribution in [-0.4, -0.2) is 11.7 Å². The molecule has 0 bridgehead atoms. The van der Waals surface area contributed by atoms with Crippen LogP contribution in [0, 0.1) is 5.82 Å². The van der Waals surface area contributed by atoms with Gasteiger partial charge in [-0.05, 0) is 47.9 Å². The Bertz CT molecular complexity index is 593. The molecule has 0 fully saturated rings. The SMILES string of the molecule is CC(C)c1ccc(NC(=O)CSc2ccc(F)cc2)cc1. The van der Waals surface area contributed by atoms with Gasteiger partial charge >= 0.3 is 0 Å². The van der Waals surface area contributed by atoms with Gasteiger partial charge in [-0.1, -0.05) is 26.0 Å². The van der Waals surface area contributed by atoms with Crippen LogP contribution in [0.15, 0.2) is 53.4 Å². The maximum atomic E-state index is 12.8. The summed E-state index contributed by atoms with van der Waals surface area (Å²) in [5, 5.41) is 2.86. The number of benzene rings is 2. The average Bonchev–Trinajstić information content (AvgIpc) is 2.47. The zero-order valence-corrected chi connectivity index (χ0v) is 12.9. The number of nitrogens with one attached hydrogen (secondary N) is 1. The van der Waals surface area contributed by atoms with Crippen LogP contribution < -0.4 is 5.32 Å². The third-order valence-electron chi connectivity index (χ3n) is 3.04. The lowest BCUT2D eigenvalue weighted by Crippen LogP contribution is -2.13. The molecular formula is C17H18FNOS. The van der Waals surface area contributed by atoms with E-state index in [-0.39, 0.29) is 11.7 Å². The molecule has 0 aliphatic carbocycles. The predicted molar refractivity (Wildman–Crippen MR) is 86.3 cm³/mol. The summed E-state index contributed by atoms with van der Waals surface area (Å²) in [6, 6.07) is 14.0. The second kappa shape index (κ2) is 7.27. The number of hydrogen-bond acceptors (Lipinski definition) is 2. The average molecular weight is 303 g/mol. The van der Waals surface area contributed by atoms with E-state index in [0.29, 0.717) is 11.7 Å². The Morgan fingerprint density at radius 3 is 2.29 bits per heavy atom. The van der Waals surface area contributed by atoms with E-state index in [4.69, 9.17) is 0 Å². The van der Waals surface area contributed by atoms with Crippen LogP contribution in [0.25, 0.3) is 0 Å². The van der Waals surface area contributed by atoms with Gasteiger partial charge in [-0.2, -0.15) is 0 Å². The van der Waals surface area contributed by atoms with Crippen molar-refractivity contribution in [2.75, 3.05) is 11.1 Å². The third-order valence-corrected chi connectivity index (χ3v) is 4.06. The minimum atomic E-state index is -0.269. The van der Waals surface area contributed by atoms with E-state index < -0.39 is 0 Å². The Kier molecular flexibility index (Phi) is 5.39. The van der Waals surface area contributed by atoms with Crippen molar-refractivity contribution in [3.8, 4) is 0 Å². The van der Waals surface area contributed by atoms with Gasteiger partial charge in [-0.3, -0.25) is 4.79 Å². The molecule has 0 aromatic heterocycles. The van der Waals surface area contributed by atoms with Crippen LogP contribution >= 0.6 is 11.8 Å². The largest absolute Gasteiger partial charge is 0.325 e. The first-order valence-corrected chi connectivity index (χ1v) is 7.81. The highest BCUT2D eigenvalue weighted by atomic mass is 32.2. The minimum absolute atomic E-state index is 0.0679. The zero-order valence-electron chi connectivity index (χ0n) is 12.1. The Hall–Kier alpha value is -1.81. The molecule has 0 radical (unpaired) electrons. The lowest BCUT2D eigenvalue weighted by atomic mass is 10.0. The molecule has 0 saturated heterocycles. The molecule has 0 spiro atoms. The van der Waals surface area contributed by atoms with Crippen LogP contribution in [0.4, 0.5) is 10.1 Å². The summed E-state index contributed by atoms with van der Waals surface area (Å²) in [5.74, 6) is 0.442. The molecule has 0 saturated carbocycles. The van der Waals surface area contributed by atoms with Crippen LogP contribution in [0.5, 0.6) is 0 Å². The number of thioether (sulfide) groups is 1. The fourth-order valence-electron chi connectivity index (χ4n) is 1.83. The van der Waals surface area contributed by atoms with E-state index >= 15 is 0 Å². The molecule has 1 amide bonds. The van der Waals surface area contributed by atoms with E-state index in [1.54, 1.807) is 12.1 Å². The molecule has 2 aromatic rings. The van der Waals surface area contributed by atoms with Gasteiger partial charge in [0.15, 0.2) is 0 Å². The zero-order chi connectivity index (χ0) is 15.2. The maximum Gasteiger partial charge on any atom is 0.234 e. The van der Waals surface area contributed by atoms with Crippen LogP contribution in [0.1, 0.15) is 25.3 Å². The molecule has 2 nitrogen and oxygen atoms in total. The number of rotatable bonds is 5. The number of amides is 1. The number of hydrogen-bond donors (Lipinski definition) is 1. The fourth-order valence-corrected chi connectivity index (χ4v) is 2.53. The van der Waals surface area contributed by atoms with Crippen molar-refractivity contribution in [2.24, 2.45) is 0 Å². The van der Waals surface area contributed by atoms with E-state index in [0.717, 1.165) is 10.6 Å². The fraction of sp³-hybridized carbons (Fsp3) is 0.235. The molecule has 0 heterocycles. The van der Waals surface area contributed by atoms with Gasteiger partial charge in [0, 0.05) is 10.6 Å². The summed E-state index contributed by atoms with van der Waals surface area (Å²) in [6.07, 6.45) is 0. The second-order valence-corrected chi connectivity index (χ2v) is 6.12. The van der Waals surface area contributed by atoms with Gasteiger partial charge in [0.25, 0.3) is 0 Å². The minimum Gasteiger partial charge on any atom is -0.325 e. The van der Waals surface area contributed by atoms with Gasteiger partial charge < -0.3 is 5.32 Å². The molecule has 110 valence electrons. The van der Waals surface area contributed by atoms with Crippen molar-refractivity contribution < 1.29 is 9.18 Å². The second-order valence-electron chi connectivity index (χ2n) is 5.07. The molecule has 0 aliphatic rings. The molecule has 0 atom stereocenters. The molecule has 0 aliphatic heterocycles. The molecule has 21 heavy (non-hydrogen) atoms. The standard InChI is InChI=1S/C17H18FNOS/c1-12(2)13-3-7-15(8-4-13)19-17(20)11-21-16-9-5-14(18)6-10-16/h3-10,12H,11H2,1-2H3,(H,19,20). The van der Waals surface area contributed by atoms with Gasteiger partial charge in [-0.15, -0.1) is 11.8 Å². The van der Waals surface area contributed by atoms with Gasteiger partial charge in [0.2, 0.25) is 5.91 Å². The number of anilines is 1. The van der Waals surface area contributed by atoms with Crippen molar-refractivity contribution in [3.05, 3.63) is 59.9 Å². The molecule has 2 aromatic carbocycles. The maximum absolute atomic E-state index is 12.8. The molecule has 0 unspecified atom stereocenters. The highest BCUT2D eigenvalue weighted by molar-refractivity contribution is 8.00.